The summed E-state index contributed by atoms with van der Waals surface area (Å²) in [5.74, 6) is -1.26. The number of benzene rings is 3. The van der Waals surface area contributed by atoms with E-state index >= 15 is 0 Å². The molecule has 0 aromatic heterocycles. The van der Waals surface area contributed by atoms with Crippen LogP contribution in [0.5, 0.6) is 5.75 Å². The van der Waals surface area contributed by atoms with Gasteiger partial charge in [-0.3, -0.25) is 4.79 Å². The van der Waals surface area contributed by atoms with Crippen LogP contribution in [0.2, 0.25) is 0 Å². The monoisotopic (exact) mass is 458 g/mol. The van der Waals surface area contributed by atoms with Crippen molar-refractivity contribution in [2.45, 2.75) is 6.10 Å². The van der Waals surface area contributed by atoms with Gasteiger partial charge in [-0.2, -0.15) is 0 Å². The first-order chi connectivity index (χ1) is 12.6. The highest BCUT2D eigenvalue weighted by Crippen LogP contribution is 2.27. The van der Waals surface area contributed by atoms with E-state index in [1.165, 1.54) is 12.1 Å². The highest BCUT2D eigenvalue weighted by atomic mass is 127. The molecule has 130 valence electrons. The van der Waals surface area contributed by atoms with Crippen LogP contribution in [0.25, 0.3) is 0 Å². The summed E-state index contributed by atoms with van der Waals surface area (Å²) in [4.78, 5) is 25.5. The van der Waals surface area contributed by atoms with E-state index in [2.05, 4.69) is 0 Å². The molecule has 5 heteroatoms. The number of rotatable bonds is 5. The van der Waals surface area contributed by atoms with Gasteiger partial charge in [-0.15, -0.1) is 0 Å². The predicted molar refractivity (Wildman–Crippen MR) is 106 cm³/mol. The first-order valence-corrected chi connectivity index (χ1v) is 8.98. The van der Waals surface area contributed by atoms with Gasteiger partial charge in [0.2, 0.25) is 5.78 Å². The van der Waals surface area contributed by atoms with Crippen molar-refractivity contribution in [3.63, 3.8) is 0 Å². The number of halogens is 1. The Balaban J connectivity index is 1.95. The number of ether oxygens (including phenoxy) is 1. The van der Waals surface area contributed by atoms with Crippen molar-refractivity contribution in [2.24, 2.45) is 0 Å². The molecule has 0 spiro atoms. The summed E-state index contributed by atoms with van der Waals surface area (Å²) in [7, 11) is 0. The van der Waals surface area contributed by atoms with Gasteiger partial charge in [0, 0.05) is 14.7 Å². The third-order valence-electron chi connectivity index (χ3n) is 3.80. The zero-order valence-corrected chi connectivity index (χ0v) is 15.8. The number of phenolic OH excluding ortho intramolecular Hbond substituents is 1. The molecule has 0 saturated heterocycles. The molecule has 0 aliphatic heterocycles. The Bertz CT molecular complexity index is 923. The lowest BCUT2D eigenvalue weighted by Gasteiger charge is -2.18. The lowest BCUT2D eigenvalue weighted by atomic mass is 9.99. The summed E-state index contributed by atoms with van der Waals surface area (Å²) < 4.78 is 6.30. The maximum Gasteiger partial charge on any atom is 0.343 e. The summed E-state index contributed by atoms with van der Waals surface area (Å²) in [6.07, 6.45) is -1.09. The van der Waals surface area contributed by atoms with E-state index in [1.807, 2.05) is 34.7 Å². The quantitative estimate of drug-likeness (QED) is 0.340. The van der Waals surface area contributed by atoms with Gasteiger partial charge in [0.05, 0.1) is 0 Å². The lowest BCUT2D eigenvalue weighted by molar-refractivity contribution is 0.0277. The minimum absolute atomic E-state index is 0.0266. The van der Waals surface area contributed by atoms with Crippen LogP contribution in [0, 0.1) is 3.57 Å². The van der Waals surface area contributed by atoms with E-state index in [4.69, 9.17) is 4.74 Å². The molecule has 26 heavy (non-hydrogen) atoms. The molecule has 3 aromatic rings. The smallest absolute Gasteiger partial charge is 0.343 e. The second-order valence-electron chi connectivity index (χ2n) is 5.59. The third-order valence-corrected chi connectivity index (χ3v) is 4.47. The van der Waals surface area contributed by atoms with Gasteiger partial charge in [0.1, 0.15) is 11.3 Å². The zero-order valence-electron chi connectivity index (χ0n) is 13.6. The zero-order chi connectivity index (χ0) is 18.5. The molecule has 1 atom stereocenters. The van der Waals surface area contributed by atoms with Crippen molar-refractivity contribution in [1.82, 2.24) is 0 Å². The molecule has 0 aliphatic carbocycles. The molecule has 0 radical (unpaired) electrons. The van der Waals surface area contributed by atoms with Crippen molar-refractivity contribution in [1.29, 1.82) is 0 Å². The Morgan fingerprint density at radius 3 is 2.15 bits per heavy atom. The summed E-state index contributed by atoms with van der Waals surface area (Å²) in [5.41, 5.74) is 1.04. The predicted octanol–water partition coefficient (Wildman–Crippen LogP) is 4.78. The molecular weight excluding hydrogens is 443 g/mol. The Labute approximate surface area is 164 Å². The van der Waals surface area contributed by atoms with Gasteiger partial charge in [-0.1, -0.05) is 60.7 Å². The Hall–Kier alpha value is -2.67. The van der Waals surface area contributed by atoms with Crippen LogP contribution in [-0.2, 0) is 4.74 Å². The minimum atomic E-state index is -1.09. The molecule has 0 heterocycles. The number of ketones is 1. The van der Waals surface area contributed by atoms with Crippen molar-refractivity contribution >= 4 is 34.3 Å². The molecule has 0 fully saturated rings. The van der Waals surface area contributed by atoms with Crippen LogP contribution in [0.15, 0.2) is 78.9 Å². The average Bonchev–Trinajstić information content (AvgIpc) is 2.68. The molecule has 0 amide bonds. The van der Waals surface area contributed by atoms with Gasteiger partial charge in [0.25, 0.3) is 0 Å². The van der Waals surface area contributed by atoms with Crippen molar-refractivity contribution < 1.29 is 19.4 Å². The van der Waals surface area contributed by atoms with Gasteiger partial charge in [-0.25, -0.2) is 4.79 Å². The van der Waals surface area contributed by atoms with Crippen LogP contribution in [-0.4, -0.2) is 16.9 Å². The van der Waals surface area contributed by atoms with E-state index in [1.54, 1.807) is 54.6 Å². The lowest BCUT2D eigenvalue weighted by Crippen LogP contribution is -2.20. The van der Waals surface area contributed by atoms with Crippen molar-refractivity contribution in [3.8, 4) is 5.75 Å². The van der Waals surface area contributed by atoms with Crippen molar-refractivity contribution in [3.05, 3.63) is 99.1 Å². The van der Waals surface area contributed by atoms with Crippen LogP contribution >= 0.6 is 22.6 Å². The molecule has 1 unspecified atom stereocenters. The minimum Gasteiger partial charge on any atom is -0.507 e. The topological polar surface area (TPSA) is 63.6 Å². The van der Waals surface area contributed by atoms with Gasteiger partial charge in [0.15, 0.2) is 6.10 Å². The standard InChI is InChI=1S/C21H15IO4/c22-16-11-12-18(23)17(13-16)21(25)26-20(15-9-5-2-6-10-15)19(24)14-7-3-1-4-8-14/h1-13,20,23H. The maximum atomic E-state index is 12.9. The molecule has 1 N–H and O–H groups in total. The maximum absolute atomic E-state index is 12.9. The molecule has 0 aliphatic rings. The number of Topliss-reactive ketones (excluding diaryl/α,β-unsaturated/α-hetero) is 1. The van der Waals surface area contributed by atoms with E-state index in [-0.39, 0.29) is 17.1 Å². The second-order valence-corrected chi connectivity index (χ2v) is 6.83. The first-order valence-electron chi connectivity index (χ1n) is 7.90. The summed E-state index contributed by atoms with van der Waals surface area (Å²) >= 11 is 2.04. The number of aromatic hydroxyl groups is 1. The van der Waals surface area contributed by atoms with Gasteiger partial charge < -0.3 is 9.84 Å². The van der Waals surface area contributed by atoms with Crippen LogP contribution in [0.4, 0.5) is 0 Å². The van der Waals surface area contributed by atoms with E-state index < -0.39 is 12.1 Å². The number of hydrogen-bond donors (Lipinski definition) is 1. The molecular formula is C21H15IO4. The average molecular weight is 458 g/mol. The summed E-state index contributed by atoms with van der Waals surface area (Å²) in [6, 6.07) is 22.1. The Kier molecular flexibility index (Phi) is 5.68. The van der Waals surface area contributed by atoms with Gasteiger partial charge >= 0.3 is 5.97 Å². The van der Waals surface area contributed by atoms with Crippen molar-refractivity contribution in [2.75, 3.05) is 0 Å². The summed E-state index contributed by atoms with van der Waals surface area (Å²) in [6.45, 7) is 0. The van der Waals surface area contributed by atoms with Crippen LogP contribution < -0.4 is 0 Å². The third kappa shape index (κ3) is 4.11. The van der Waals surface area contributed by atoms with E-state index in [0.717, 1.165) is 3.57 Å². The highest BCUT2D eigenvalue weighted by Gasteiger charge is 2.27. The number of carbonyl (C=O) groups excluding carboxylic acids is 2. The molecule has 4 nitrogen and oxygen atoms in total. The van der Waals surface area contributed by atoms with Crippen LogP contribution in [0.1, 0.15) is 32.4 Å². The number of phenols is 1. The number of hydrogen-bond acceptors (Lipinski definition) is 4. The Morgan fingerprint density at radius 1 is 0.885 bits per heavy atom. The molecule has 0 saturated carbocycles. The Morgan fingerprint density at radius 2 is 1.50 bits per heavy atom. The van der Waals surface area contributed by atoms with Gasteiger partial charge in [-0.05, 0) is 40.8 Å². The molecule has 3 rings (SSSR count). The fourth-order valence-electron chi connectivity index (χ4n) is 2.50. The fraction of sp³-hybridized carbons (Fsp3) is 0.0476. The number of carbonyl (C=O) groups is 2. The number of esters is 1. The highest BCUT2D eigenvalue weighted by molar-refractivity contribution is 14.1. The SMILES string of the molecule is O=C(OC(C(=O)c1ccccc1)c1ccccc1)c1cc(I)ccc1O. The summed E-state index contributed by atoms with van der Waals surface area (Å²) in [5, 5.41) is 9.96. The normalized spacial score (nSPS) is 11.6. The fourth-order valence-corrected chi connectivity index (χ4v) is 2.99. The van der Waals surface area contributed by atoms with E-state index in [0.29, 0.717) is 11.1 Å². The van der Waals surface area contributed by atoms with Crippen LogP contribution in [0.3, 0.4) is 0 Å². The first kappa shape index (κ1) is 18.1. The molecule has 3 aromatic carbocycles. The largest absolute Gasteiger partial charge is 0.507 e. The second kappa shape index (κ2) is 8.14. The van der Waals surface area contributed by atoms with E-state index in [9.17, 15) is 14.7 Å². The molecule has 0 bridgehead atoms.